The lowest BCUT2D eigenvalue weighted by Gasteiger charge is -2.26. The molecular formula is C11H16N2O. The third kappa shape index (κ3) is 1.89. The molecule has 1 aromatic rings. The van der Waals surface area contributed by atoms with E-state index in [0.29, 0.717) is 11.8 Å². The standard InChI is InChI=1S/C11H16N2O/c1-12-7-10-4-8-2-3-11(14)5-9(8)6-13-10/h2-3,5,10,12-14H,4,6-7H2,1H3. The molecule has 1 unspecified atom stereocenters. The largest absolute Gasteiger partial charge is 0.508 e. The number of aromatic hydroxyl groups is 1. The average molecular weight is 192 g/mol. The summed E-state index contributed by atoms with van der Waals surface area (Å²) in [7, 11) is 1.97. The van der Waals surface area contributed by atoms with E-state index in [4.69, 9.17) is 0 Å². The van der Waals surface area contributed by atoms with Gasteiger partial charge in [0.2, 0.25) is 0 Å². The monoisotopic (exact) mass is 192 g/mol. The van der Waals surface area contributed by atoms with Gasteiger partial charge in [-0.15, -0.1) is 0 Å². The number of nitrogens with one attached hydrogen (secondary N) is 2. The highest BCUT2D eigenvalue weighted by Gasteiger charge is 2.16. The van der Waals surface area contributed by atoms with Crippen molar-refractivity contribution in [1.29, 1.82) is 0 Å². The number of likely N-dealkylation sites (N-methyl/N-ethyl adjacent to an activating group) is 1. The maximum atomic E-state index is 9.32. The van der Waals surface area contributed by atoms with Crippen LogP contribution in [0.2, 0.25) is 0 Å². The average Bonchev–Trinajstić information content (AvgIpc) is 2.19. The second-order valence-electron chi connectivity index (χ2n) is 3.79. The van der Waals surface area contributed by atoms with Crippen LogP contribution in [-0.2, 0) is 13.0 Å². The molecular weight excluding hydrogens is 176 g/mol. The van der Waals surface area contributed by atoms with Gasteiger partial charge in [0.25, 0.3) is 0 Å². The van der Waals surface area contributed by atoms with Gasteiger partial charge in [-0.3, -0.25) is 0 Å². The van der Waals surface area contributed by atoms with Gasteiger partial charge in [-0.2, -0.15) is 0 Å². The normalized spacial score (nSPS) is 20.5. The zero-order chi connectivity index (χ0) is 9.97. The molecule has 0 aliphatic carbocycles. The molecule has 0 amide bonds. The van der Waals surface area contributed by atoms with Gasteiger partial charge in [0.05, 0.1) is 0 Å². The Hall–Kier alpha value is -1.06. The molecule has 2 rings (SSSR count). The zero-order valence-corrected chi connectivity index (χ0v) is 8.38. The van der Waals surface area contributed by atoms with Crippen molar-refractivity contribution in [3.05, 3.63) is 29.3 Å². The van der Waals surface area contributed by atoms with Crippen molar-refractivity contribution >= 4 is 0 Å². The molecule has 1 heterocycles. The van der Waals surface area contributed by atoms with Crippen LogP contribution in [0.15, 0.2) is 18.2 Å². The van der Waals surface area contributed by atoms with E-state index >= 15 is 0 Å². The number of phenolic OH excluding ortho intramolecular Hbond substituents is 1. The minimum absolute atomic E-state index is 0.359. The zero-order valence-electron chi connectivity index (χ0n) is 8.38. The molecule has 14 heavy (non-hydrogen) atoms. The first-order valence-corrected chi connectivity index (χ1v) is 4.98. The number of benzene rings is 1. The topological polar surface area (TPSA) is 44.3 Å². The molecule has 0 saturated heterocycles. The SMILES string of the molecule is CNCC1Cc2ccc(O)cc2CN1. The van der Waals surface area contributed by atoms with Gasteiger partial charge in [-0.1, -0.05) is 6.07 Å². The van der Waals surface area contributed by atoms with Gasteiger partial charge >= 0.3 is 0 Å². The van der Waals surface area contributed by atoms with Crippen LogP contribution in [0.3, 0.4) is 0 Å². The molecule has 0 fully saturated rings. The van der Waals surface area contributed by atoms with Crippen molar-refractivity contribution in [1.82, 2.24) is 10.6 Å². The van der Waals surface area contributed by atoms with E-state index in [1.54, 1.807) is 6.07 Å². The molecule has 1 aromatic carbocycles. The highest BCUT2D eigenvalue weighted by Crippen LogP contribution is 2.21. The fraction of sp³-hybridized carbons (Fsp3) is 0.455. The number of hydrogen-bond donors (Lipinski definition) is 3. The molecule has 1 aliphatic heterocycles. The van der Waals surface area contributed by atoms with Crippen molar-refractivity contribution in [2.45, 2.75) is 19.0 Å². The van der Waals surface area contributed by atoms with Gasteiger partial charge in [0.15, 0.2) is 0 Å². The van der Waals surface area contributed by atoms with Crippen LogP contribution in [0.5, 0.6) is 5.75 Å². The van der Waals surface area contributed by atoms with Gasteiger partial charge in [0, 0.05) is 19.1 Å². The molecule has 0 spiro atoms. The van der Waals surface area contributed by atoms with Gasteiger partial charge in [-0.05, 0) is 36.7 Å². The fourth-order valence-electron chi connectivity index (χ4n) is 1.96. The molecule has 0 radical (unpaired) electrons. The summed E-state index contributed by atoms with van der Waals surface area (Å²) < 4.78 is 0. The van der Waals surface area contributed by atoms with E-state index < -0.39 is 0 Å². The molecule has 76 valence electrons. The molecule has 0 aromatic heterocycles. The summed E-state index contributed by atoms with van der Waals surface area (Å²) in [5, 5.41) is 15.9. The van der Waals surface area contributed by atoms with Gasteiger partial charge in [0.1, 0.15) is 5.75 Å². The Morgan fingerprint density at radius 2 is 2.36 bits per heavy atom. The summed E-state index contributed by atoms with van der Waals surface area (Å²) in [5.74, 6) is 0.359. The maximum absolute atomic E-state index is 9.32. The Balaban J connectivity index is 2.15. The minimum atomic E-state index is 0.359. The summed E-state index contributed by atoms with van der Waals surface area (Å²) in [6.07, 6.45) is 1.04. The molecule has 3 N–H and O–H groups in total. The maximum Gasteiger partial charge on any atom is 0.115 e. The van der Waals surface area contributed by atoms with Crippen molar-refractivity contribution in [3.8, 4) is 5.75 Å². The third-order valence-electron chi connectivity index (χ3n) is 2.69. The minimum Gasteiger partial charge on any atom is -0.508 e. The van der Waals surface area contributed by atoms with Crippen molar-refractivity contribution < 1.29 is 5.11 Å². The lowest BCUT2D eigenvalue weighted by atomic mass is 9.95. The van der Waals surface area contributed by atoms with Crippen LogP contribution in [0.1, 0.15) is 11.1 Å². The van der Waals surface area contributed by atoms with E-state index in [1.807, 2.05) is 19.2 Å². The van der Waals surface area contributed by atoms with Gasteiger partial charge < -0.3 is 15.7 Å². The lowest BCUT2D eigenvalue weighted by Crippen LogP contribution is -2.41. The summed E-state index contributed by atoms with van der Waals surface area (Å²) in [6, 6.07) is 6.14. The van der Waals surface area contributed by atoms with Crippen LogP contribution >= 0.6 is 0 Å². The van der Waals surface area contributed by atoms with E-state index in [9.17, 15) is 5.11 Å². The molecule has 1 aliphatic rings. The predicted molar refractivity (Wildman–Crippen MR) is 56.4 cm³/mol. The molecule has 3 heteroatoms. The Morgan fingerprint density at radius 3 is 3.14 bits per heavy atom. The fourth-order valence-corrected chi connectivity index (χ4v) is 1.96. The lowest BCUT2D eigenvalue weighted by molar-refractivity contribution is 0.451. The van der Waals surface area contributed by atoms with E-state index in [0.717, 1.165) is 19.5 Å². The first-order valence-electron chi connectivity index (χ1n) is 4.98. The first-order chi connectivity index (χ1) is 6.79. The van der Waals surface area contributed by atoms with Crippen LogP contribution in [0, 0.1) is 0 Å². The number of rotatable bonds is 2. The third-order valence-corrected chi connectivity index (χ3v) is 2.69. The van der Waals surface area contributed by atoms with Crippen LogP contribution < -0.4 is 10.6 Å². The van der Waals surface area contributed by atoms with Crippen molar-refractivity contribution in [3.63, 3.8) is 0 Å². The van der Waals surface area contributed by atoms with E-state index in [1.165, 1.54) is 11.1 Å². The molecule has 0 saturated carbocycles. The predicted octanol–water partition coefficient (Wildman–Crippen LogP) is 0.626. The Morgan fingerprint density at radius 1 is 1.50 bits per heavy atom. The summed E-state index contributed by atoms with van der Waals surface area (Å²) in [5.41, 5.74) is 2.57. The Bertz CT molecular complexity index is 325. The molecule has 0 bridgehead atoms. The Labute approximate surface area is 84.1 Å². The van der Waals surface area contributed by atoms with E-state index in [2.05, 4.69) is 10.6 Å². The molecule has 1 atom stereocenters. The van der Waals surface area contributed by atoms with Gasteiger partial charge in [-0.25, -0.2) is 0 Å². The second kappa shape index (κ2) is 3.98. The summed E-state index contributed by atoms with van der Waals surface area (Å²) in [4.78, 5) is 0. The van der Waals surface area contributed by atoms with E-state index in [-0.39, 0.29) is 0 Å². The smallest absolute Gasteiger partial charge is 0.115 e. The second-order valence-corrected chi connectivity index (χ2v) is 3.79. The summed E-state index contributed by atoms with van der Waals surface area (Å²) in [6.45, 7) is 1.84. The van der Waals surface area contributed by atoms with Crippen LogP contribution in [0.4, 0.5) is 0 Å². The highest BCUT2D eigenvalue weighted by atomic mass is 16.3. The molecule has 3 nitrogen and oxygen atoms in total. The number of hydrogen-bond acceptors (Lipinski definition) is 3. The summed E-state index contributed by atoms with van der Waals surface area (Å²) >= 11 is 0. The highest BCUT2D eigenvalue weighted by molar-refractivity contribution is 5.36. The Kier molecular flexibility index (Phi) is 2.70. The van der Waals surface area contributed by atoms with Crippen LogP contribution in [0.25, 0.3) is 0 Å². The van der Waals surface area contributed by atoms with Crippen LogP contribution in [-0.4, -0.2) is 24.7 Å². The van der Waals surface area contributed by atoms with Crippen molar-refractivity contribution in [2.24, 2.45) is 0 Å². The number of phenols is 1. The quantitative estimate of drug-likeness (QED) is 0.644. The first kappa shape index (κ1) is 9.49. The van der Waals surface area contributed by atoms with Crippen molar-refractivity contribution in [2.75, 3.05) is 13.6 Å². The number of fused-ring (bicyclic) bond motifs is 1.